The average Bonchev–Trinajstić information content (AvgIpc) is 3.31. The fourth-order valence-electron chi connectivity index (χ4n) is 12.3. The van der Waals surface area contributed by atoms with Crippen LogP contribution in [0.25, 0.3) is 0 Å². The minimum atomic E-state index is -1.58. The number of hydrogen-bond acceptors (Lipinski definition) is 8. The molecule has 0 spiro atoms. The van der Waals surface area contributed by atoms with Crippen LogP contribution in [0.2, 0.25) is 0 Å². The number of allylic oxidation sites excluding steroid dienone is 9. The lowest BCUT2D eigenvalue weighted by Gasteiger charge is -2.40. The molecule has 1 saturated heterocycles. The van der Waals surface area contributed by atoms with E-state index in [0.717, 1.165) is 51.4 Å². The van der Waals surface area contributed by atoms with Gasteiger partial charge < -0.3 is 40.3 Å². The lowest BCUT2D eigenvalue weighted by molar-refractivity contribution is -0.302. The van der Waals surface area contributed by atoms with Crippen LogP contribution in [0.15, 0.2) is 60.8 Å². The molecule has 0 aliphatic carbocycles. The van der Waals surface area contributed by atoms with Gasteiger partial charge in [-0.05, 0) is 77.0 Å². The molecule has 0 radical (unpaired) electrons. The van der Waals surface area contributed by atoms with Crippen molar-refractivity contribution < 1.29 is 39.8 Å². The van der Waals surface area contributed by atoms with Crippen LogP contribution >= 0.6 is 0 Å². The van der Waals surface area contributed by atoms with Crippen molar-refractivity contribution in [2.75, 3.05) is 13.2 Å². The van der Waals surface area contributed by atoms with E-state index in [2.05, 4.69) is 67.8 Å². The molecule has 7 atom stereocenters. The number of aliphatic hydroxyl groups is 5. The molecular weight excluding hydrogens is 1090 g/mol. The molecule has 0 bridgehead atoms. The molecule has 0 aromatic carbocycles. The maximum atomic E-state index is 13.1. The first-order chi connectivity index (χ1) is 43.3. The maximum Gasteiger partial charge on any atom is 0.220 e. The summed E-state index contributed by atoms with van der Waals surface area (Å²) >= 11 is 0. The number of carbonyl (C=O) groups excluding carboxylic acids is 1. The minimum Gasteiger partial charge on any atom is -0.394 e. The van der Waals surface area contributed by atoms with Crippen LogP contribution in [0.1, 0.15) is 380 Å². The van der Waals surface area contributed by atoms with E-state index in [9.17, 15) is 30.3 Å². The van der Waals surface area contributed by atoms with E-state index in [1.54, 1.807) is 6.08 Å². The molecule has 0 aromatic heterocycles. The molecule has 1 aliphatic heterocycles. The Bertz CT molecular complexity index is 1580. The van der Waals surface area contributed by atoms with Crippen molar-refractivity contribution in [2.45, 2.75) is 423 Å². The zero-order valence-corrected chi connectivity index (χ0v) is 58.0. The summed E-state index contributed by atoms with van der Waals surface area (Å²) in [5, 5.41) is 54.8. The quantitative estimate of drug-likeness (QED) is 0.0261. The van der Waals surface area contributed by atoms with Crippen LogP contribution in [-0.2, 0) is 14.3 Å². The summed E-state index contributed by atoms with van der Waals surface area (Å²) in [6.07, 6.45) is 88.0. The number of unbranched alkanes of at least 4 members (excludes halogenated alkanes) is 50. The fraction of sp³-hybridized carbons (Fsp3) is 0.861. The summed E-state index contributed by atoms with van der Waals surface area (Å²) in [4.78, 5) is 13.1. The first-order valence-electron chi connectivity index (χ1n) is 38.5. The van der Waals surface area contributed by atoms with E-state index in [4.69, 9.17) is 9.47 Å². The van der Waals surface area contributed by atoms with Gasteiger partial charge in [0.25, 0.3) is 0 Å². The highest BCUT2D eigenvalue weighted by Crippen LogP contribution is 2.24. The fourth-order valence-corrected chi connectivity index (χ4v) is 12.3. The Labute approximate surface area is 545 Å². The summed E-state index contributed by atoms with van der Waals surface area (Å²) < 4.78 is 11.3. The molecule has 0 aromatic rings. The van der Waals surface area contributed by atoms with Gasteiger partial charge in [0.15, 0.2) is 6.29 Å². The topological polar surface area (TPSA) is 149 Å². The van der Waals surface area contributed by atoms with Crippen LogP contribution in [0, 0.1) is 0 Å². The zero-order valence-electron chi connectivity index (χ0n) is 58.0. The second kappa shape index (κ2) is 67.8. The summed E-state index contributed by atoms with van der Waals surface area (Å²) in [7, 11) is 0. The van der Waals surface area contributed by atoms with E-state index < -0.39 is 49.5 Å². The van der Waals surface area contributed by atoms with Crippen molar-refractivity contribution in [2.24, 2.45) is 0 Å². The number of amides is 1. The molecule has 9 nitrogen and oxygen atoms in total. The number of rotatable bonds is 68. The monoisotopic (exact) mass is 1240 g/mol. The van der Waals surface area contributed by atoms with E-state index in [-0.39, 0.29) is 12.5 Å². The molecule has 7 unspecified atom stereocenters. The van der Waals surface area contributed by atoms with Crippen molar-refractivity contribution in [3.63, 3.8) is 0 Å². The van der Waals surface area contributed by atoms with Crippen molar-refractivity contribution in [1.29, 1.82) is 0 Å². The van der Waals surface area contributed by atoms with Gasteiger partial charge in [-0.25, -0.2) is 0 Å². The Morgan fingerprint density at radius 3 is 1.02 bits per heavy atom. The normalized spacial score (nSPS) is 18.2. The Morgan fingerprint density at radius 1 is 0.386 bits per heavy atom. The van der Waals surface area contributed by atoms with E-state index >= 15 is 0 Å². The molecule has 88 heavy (non-hydrogen) atoms. The average molecular weight is 1240 g/mol. The molecule has 1 rings (SSSR count). The third-order valence-electron chi connectivity index (χ3n) is 18.3. The van der Waals surface area contributed by atoms with Gasteiger partial charge in [-0.1, -0.05) is 357 Å². The Hall–Kier alpha value is -2.11. The van der Waals surface area contributed by atoms with Gasteiger partial charge in [-0.15, -0.1) is 0 Å². The molecule has 1 amide bonds. The summed E-state index contributed by atoms with van der Waals surface area (Å²) in [5.41, 5.74) is 0. The molecular formula is C79H147NO8. The summed E-state index contributed by atoms with van der Waals surface area (Å²) in [5.74, 6) is -0.184. The second-order valence-corrected chi connectivity index (χ2v) is 26.8. The third-order valence-corrected chi connectivity index (χ3v) is 18.3. The van der Waals surface area contributed by atoms with Crippen LogP contribution in [-0.4, -0.2) is 87.5 Å². The predicted molar refractivity (Wildman–Crippen MR) is 378 cm³/mol. The number of carbonyl (C=O) groups is 1. The number of aliphatic hydroxyl groups excluding tert-OH is 5. The van der Waals surface area contributed by atoms with E-state index in [1.165, 1.54) is 308 Å². The second-order valence-electron chi connectivity index (χ2n) is 26.8. The highest BCUT2D eigenvalue weighted by atomic mass is 16.7. The van der Waals surface area contributed by atoms with E-state index in [1.807, 2.05) is 6.08 Å². The van der Waals surface area contributed by atoms with E-state index in [0.29, 0.717) is 6.42 Å². The van der Waals surface area contributed by atoms with Crippen LogP contribution in [0.3, 0.4) is 0 Å². The largest absolute Gasteiger partial charge is 0.394 e. The smallest absolute Gasteiger partial charge is 0.220 e. The standard InChI is InChI=1S/C79H147NO8/c1-3-5-7-9-11-13-15-17-19-21-23-25-27-29-30-31-32-33-34-35-36-37-38-39-40-41-42-43-44-45-47-49-51-53-55-57-59-61-63-65-67-69-75(83)80-72(71-87-79-78(86)77(85)76(84)74(70-81)88-79)73(82)68-66-64-62-60-58-56-54-52-50-48-46-28-26-24-22-20-18-16-14-12-10-8-6-4-2/h15,17,21,23,50,52,58,60,66,68,72-74,76-79,81-82,84-86H,3-14,16,18-20,22,24-49,51,53-57,59,61-65,67,69-71H2,1-2H3,(H,80,83)/b17-15-,23-21-,52-50+,60-58+,68-66+. The first-order valence-corrected chi connectivity index (χ1v) is 38.5. The Morgan fingerprint density at radius 2 is 0.682 bits per heavy atom. The zero-order chi connectivity index (χ0) is 63.5. The molecule has 9 heteroatoms. The Kier molecular flexibility index (Phi) is 64.6. The van der Waals surface area contributed by atoms with Crippen LogP contribution < -0.4 is 5.32 Å². The summed E-state index contributed by atoms with van der Waals surface area (Å²) in [6.45, 7) is 3.79. The van der Waals surface area contributed by atoms with Gasteiger partial charge in [0.1, 0.15) is 24.4 Å². The molecule has 1 heterocycles. The Balaban J connectivity index is 2.06. The number of ether oxygens (including phenoxy) is 2. The van der Waals surface area contributed by atoms with Crippen molar-refractivity contribution in [3.8, 4) is 0 Å². The molecule has 1 fully saturated rings. The van der Waals surface area contributed by atoms with Crippen LogP contribution in [0.5, 0.6) is 0 Å². The van der Waals surface area contributed by atoms with Gasteiger partial charge in [-0.3, -0.25) is 4.79 Å². The third kappa shape index (κ3) is 55.5. The predicted octanol–water partition coefficient (Wildman–Crippen LogP) is 21.7. The molecule has 1 aliphatic rings. The van der Waals surface area contributed by atoms with Gasteiger partial charge in [0.2, 0.25) is 5.91 Å². The maximum absolute atomic E-state index is 13.1. The van der Waals surface area contributed by atoms with Gasteiger partial charge in [-0.2, -0.15) is 0 Å². The lowest BCUT2D eigenvalue weighted by Crippen LogP contribution is -2.60. The first kappa shape index (κ1) is 83.9. The molecule has 6 N–H and O–H groups in total. The van der Waals surface area contributed by atoms with Crippen LogP contribution in [0.4, 0.5) is 0 Å². The highest BCUT2D eigenvalue weighted by molar-refractivity contribution is 5.76. The molecule has 0 saturated carbocycles. The van der Waals surface area contributed by atoms with Crippen molar-refractivity contribution in [1.82, 2.24) is 5.32 Å². The van der Waals surface area contributed by atoms with Crippen molar-refractivity contribution >= 4 is 5.91 Å². The molecule has 516 valence electrons. The number of nitrogens with one attached hydrogen (secondary N) is 1. The van der Waals surface area contributed by atoms with Gasteiger partial charge >= 0.3 is 0 Å². The number of hydrogen-bond donors (Lipinski definition) is 6. The van der Waals surface area contributed by atoms with Gasteiger partial charge in [0.05, 0.1) is 25.4 Å². The highest BCUT2D eigenvalue weighted by Gasteiger charge is 2.44. The SMILES string of the molecule is CCCCCCC/C=C\C/C=C\CCCCCCCCCCCCCCCCCCCCCCCCCCCCCCCC(=O)NC(COC1OC(CO)C(O)C(O)C1O)C(O)/C=C/CC/C=C/CC/C=C/CCCCCCCCCCCCCCCC. The van der Waals surface area contributed by atoms with Crippen molar-refractivity contribution in [3.05, 3.63) is 60.8 Å². The lowest BCUT2D eigenvalue weighted by atomic mass is 9.99. The minimum absolute atomic E-state index is 0.184. The summed E-state index contributed by atoms with van der Waals surface area (Å²) in [6, 6.07) is -0.830. The van der Waals surface area contributed by atoms with Gasteiger partial charge in [0, 0.05) is 6.42 Å².